The molecule has 1 aromatic rings. The van der Waals surface area contributed by atoms with Gasteiger partial charge in [0.15, 0.2) is 0 Å². The van der Waals surface area contributed by atoms with Crippen molar-refractivity contribution in [3.63, 3.8) is 0 Å². The van der Waals surface area contributed by atoms with Crippen molar-refractivity contribution in [1.29, 1.82) is 0 Å². The van der Waals surface area contributed by atoms with Gasteiger partial charge in [-0.1, -0.05) is 18.6 Å². The minimum absolute atomic E-state index is 0.452. The van der Waals surface area contributed by atoms with Crippen LogP contribution >= 0.6 is 0 Å². The average molecular weight is 231 g/mol. The van der Waals surface area contributed by atoms with Gasteiger partial charge in [0.05, 0.1) is 0 Å². The van der Waals surface area contributed by atoms with Gasteiger partial charge in [-0.2, -0.15) is 0 Å². The summed E-state index contributed by atoms with van der Waals surface area (Å²) in [6, 6.07) is 6.99. The van der Waals surface area contributed by atoms with Crippen LogP contribution in [0.5, 0.6) is 5.75 Å². The molecule has 2 aliphatic rings. The first kappa shape index (κ1) is 11.1. The van der Waals surface area contributed by atoms with Crippen LogP contribution in [0, 0.1) is 5.92 Å². The van der Waals surface area contributed by atoms with E-state index in [0.29, 0.717) is 17.8 Å². The van der Waals surface area contributed by atoms with Crippen LogP contribution in [0.15, 0.2) is 18.2 Å². The molecule has 0 spiro atoms. The zero-order valence-corrected chi connectivity index (χ0v) is 10.4. The van der Waals surface area contributed by atoms with E-state index in [1.165, 1.54) is 24.8 Å². The Hall–Kier alpha value is -1.02. The number of fused-ring (bicyclic) bond motifs is 1. The van der Waals surface area contributed by atoms with Crippen molar-refractivity contribution in [3.8, 4) is 5.75 Å². The van der Waals surface area contributed by atoms with Gasteiger partial charge in [0.1, 0.15) is 5.75 Å². The predicted molar refractivity (Wildman–Crippen MR) is 69.1 cm³/mol. The lowest BCUT2D eigenvalue weighted by molar-refractivity contribution is 0.226. The van der Waals surface area contributed by atoms with Crippen molar-refractivity contribution in [3.05, 3.63) is 29.3 Å². The smallest absolute Gasteiger partial charge is 0.119 e. The molecule has 0 amide bonds. The summed E-state index contributed by atoms with van der Waals surface area (Å²) in [7, 11) is 0. The average Bonchev–Trinajstić information content (AvgIpc) is 2.60. The molecule has 0 radical (unpaired) electrons. The summed E-state index contributed by atoms with van der Waals surface area (Å²) in [5.41, 5.74) is 2.47. The Morgan fingerprint density at radius 2 is 2.12 bits per heavy atom. The Labute approximate surface area is 103 Å². The second-order valence-electron chi connectivity index (χ2n) is 5.58. The number of aromatic hydroxyl groups is 1. The van der Waals surface area contributed by atoms with Gasteiger partial charge in [0, 0.05) is 12.1 Å². The first-order valence-corrected chi connectivity index (χ1v) is 6.82. The summed E-state index contributed by atoms with van der Waals surface area (Å²) in [5, 5.41) is 13.6. The summed E-state index contributed by atoms with van der Waals surface area (Å²) in [4.78, 5) is 0. The van der Waals surface area contributed by atoms with Crippen molar-refractivity contribution >= 4 is 0 Å². The molecule has 0 aromatic heterocycles. The zero-order valence-electron chi connectivity index (χ0n) is 10.4. The minimum Gasteiger partial charge on any atom is -0.508 e. The van der Waals surface area contributed by atoms with E-state index in [-0.39, 0.29) is 0 Å². The number of hydrogen-bond acceptors (Lipinski definition) is 2. The molecule has 1 fully saturated rings. The number of rotatable bonds is 3. The molecule has 1 aromatic carbocycles. The first-order chi connectivity index (χ1) is 8.25. The monoisotopic (exact) mass is 231 g/mol. The third-order valence-electron chi connectivity index (χ3n) is 4.57. The van der Waals surface area contributed by atoms with Crippen LogP contribution in [0.1, 0.15) is 49.8 Å². The highest BCUT2D eigenvalue weighted by molar-refractivity contribution is 5.44. The van der Waals surface area contributed by atoms with Crippen LogP contribution in [0.4, 0.5) is 0 Å². The number of benzene rings is 1. The van der Waals surface area contributed by atoms with Crippen LogP contribution in [-0.2, 0) is 6.42 Å². The maximum Gasteiger partial charge on any atom is 0.119 e. The Morgan fingerprint density at radius 3 is 2.82 bits per heavy atom. The van der Waals surface area contributed by atoms with Crippen LogP contribution < -0.4 is 5.32 Å². The van der Waals surface area contributed by atoms with Gasteiger partial charge in [-0.25, -0.2) is 0 Å². The van der Waals surface area contributed by atoms with Gasteiger partial charge in [0.2, 0.25) is 0 Å². The lowest BCUT2D eigenvalue weighted by Gasteiger charge is -2.34. The number of phenolic OH excluding ortho intramolecular Hbond substituents is 1. The molecule has 2 nitrogen and oxygen atoms in total. The van der Waals surface area contributed by atoms with Crippen LogP contribution in [0.3, 0.4) is 0 Å². The first-order valence-electron chi connectivity index (χ1n) is 6.82. The lowest BCUT2D eigenvalue weighted by atomic mass is 9.80. The predicted octanol–water partition coefficient (Wildman–Crippen LogP) is 3.16. The van der Waals surface area contributed by atoms with E-state index in [4.69, 9.17) is 0 Å². The summed E-state index contributed by atoms with van der Waals surface area (Å²) >= 11 is 0. The Morgan fingerprint density at radius 1 is 1.29 bits per heavy atom. The van der Waals surface area contributed by atoms with Crippen molar-refractivity contribution in [2.24, 2.45) is 5.92 Å². The summed E-state index contributed by atoms with van der Waals surface area (Å²) in [5.74, 6) is 1.35. The van der Waals surface area contributed by atoms with E-state index in [2.05, 4.69) is 18.3 Å². The van der Waals surface area contributed by atoms with Gasteiger partial charge in [0.25, 0.3) is 0 Å². The molecule has 2 N–H and O–H groups in total. The Balaban J connectivity index is 1.72. The zero-order chi connectivity index (χ0) is 11.8. The molecule has 17 heavy (non-hydrogen) atoms. The Kier molecular flexibility index (Phi) is 2.83. The summed E-state index contributed by atoms with van der Waals surface area (Å²) in [6.07, 6.45) is 6.31. The highest BCUT2D eigenvalue weighted by atomic mass is 16.3. The second-order valence-corrected chi connectivity index (χ2v) is 5.58. The molecule has 0 saturated heterocycles. The molecule has 2 atom stereocenters. The summed E-state index contributed by atoms with van der Waals surface area (Å²) in [6.45, 7) is 2.31. The van der Waals surface area contributed by atoms with E-state index < -0.39 is 0 Å². The number of hydrogen-bond donors (Lipinski definition) is 2. The standard InChI is InChI=1S/C15H21NO/c1-10(11-4-2-5-11)16-14-9-8-13-12(14)6-3-7-15(13)17/h3,6-7,10-11,14,16-17H,2,4-5,8-9H2,1H3. The molecule has 0 aliphatic heterocycles. The molecule has 2 unspecified atom stereocenters. The van der Waals surface area contributed by atoms with E-state index in [9.17, 15) is 5.11 Å². The van der Waals surface area contributed by atoms with Gasteiger partial charge >= 0.3 is 0 Å². The molecular weight excluding hydrogens is 210 g/mol. The van der Waals surface area contributed by atoms with E-state index in [1.54, 1.807) is 6.07 Å². The SMILES string of the molecule is CC(NC1CCc2c(O)cccc21)C1CCC1. The van der Waals surface area contributed by atoms with Gasteiger partial charge in [-0.15, -0.1) is 0 Å². The third kappa shape index (κ3) is 1.95. The van der Waals surface area contributed by atoms with Crippen molar-refractivity contribution in [2.75, 3.05) is 0 Å². The van der Waals surface area contributed by atoms with Crippen molar-refractivity contribution < 1.29 is 5.11 Å². The van der Waals surface area contributed by atoms with Gasteiger partial charge in [-0.05, 0) is 55.7 Å². The molecule has 3 rings (SSSR count). The maximum absolute atomic E-state index is 9.82. The van der Waals surface area contributed by atoms with E-state index in [0.717, 1.165) is 24.3 Å². The normalized spacial score (nSPS) is 25.4. The fraction of sp³-hybridized carbons (Fsp3) is 0.600. The quantitative estimate of drug-likeness (QED) is 0.837. The second kappa shape index (κ2) is 4.34. The van der Waals surface area contributed by atoms with Gasteiger partial charge in [-0.3, -0.25) is 0 Å². The topological polar surface area (TPSA) is 32.3 Å². The van der Waals surface area contributed by atoms with Crippen molar-refractivity contribution in [1.82, 2.24) is 5.32 Å². The number of phenols is 1. The number of nitrogens with one attached hydrogen (secondary N) is 1. The maximum atomic E-state index is 9.82. The van der Waals surface area contributed by atoms with Crippen LogP contribution in [0.25, 0.3) is 0 Å². The highest BCUT2D eigenvalue weighted by Crippen LogP contribution is 2.38. The van der Waals surface area contributed by atoms with Crippen LogP contribution in [0.2, 0.25) is 0 Å². The molecule has 1 saturated carbocycles. The minimum atomic E-state index is 0.452. The van der Waals surface area contributed by atoms with E-state index in [1.807, 2.05) is 6.07 Å². The molecule has 0 bridgehead atoms. The van der Waals surface area contributed by atoms with Gasteiger partial charge < -0.3 is 10.4 Å². The Bertz CT molecular complexity index is 411. The van der Waals surface area contributed by atoms with E-state index >= 15 is 0 Å². The molecule has 2 heteroatoms. The molecule has 2 aliphatic carbocycles. The fourth-order valence-electron chi connectivity index (χ4n) is 3.20. The fourth-order valence-corrected chi connectivity index (χ4v) is 3.20. The highest BCUT2D eigenvalue weighted by Gasteiger charge is 2.29. The molecule has 0 heterocycles. The molecule has 92 valence electrons. The van der Waals surface area contributed by atoms with Crippen LogP contribution in [-0.4, -0.2) is 11.1 Å². The van der Waals surface area contributed by atoms with Crippen molar-refractivity contribution in [2.45, 2.75) is 51.1 Å². The molecular formula is C15H21NO. The largest absolute Gasteiger partial charge is 0.508 e. The summed E-state index contributed by atoms with van der Waals surface area (Å²) < 4.78 is 0. The third-order valence-corrected chi connectivity index (χ3v) is 4.57. The lowest BCUT2D eigenvalue weighted by Crippen LogP contribution is -2.38.